The van der Waals surface area contributed by atoms with Crippen LogP contribution in [0.25, 0.3) is 0 Å². The second-order valence-electron chi connectivity index (χ2n) is 5.04. The predicted molar refractivity (Wildman–Crippen MR) is 91.3 cm³/mol. The van der Waals surface area contributed by atoms with E-state index in [1.807, 2.05) is 0 Å². The number of amides is 2. The van der Waals surface area contributed by atoms with Crippen molar-refractivity contribution in [2.75, 3.05) is 10.6 Å². The van der Waals surface area contributed by atoms with Crippen LogP contribution in [-0.2, 0) is 29.3 Å². The molecule has 0 aliphatic heterocycles. The third-order valence-corrected chi connectivity index (χ3v) is 3.53. The van der Waals surface area contributed by atoms with E-state index in [9.17, 15) is 32.1 Å². The van der Waals surface area contributed by atoms with Crippen molar-refractivity contribution in [2.45, 2.75) is 31.6 Å². The monoisotopic (exact) mass is 396 g/mol. The minimum atomic E-state index is -4.71. The number of carbonyl (C=O) groups excluding carboxylic acids is 4. The molecule has 132 valence electrons. The van der Waals surface area contributed by atoms with E-state index in [0.717, 1.165) is 12.1 Å². The zero-order chi connectivity index (χ0) is 18.5. The zero-order valence-electron chi connectivity index (χ0n) is 13.0. The molecule has 0 aromatic heterocycles. The van der Waals surface area contributed by atoms with Gasteiger partial charge in [-0.3, -0.25) is 23.7 Å². The number of nitrogens with one attached hydrogen (secondary N) is 2. The summed E-state index contributed by atoms with van der Waals surface area (Å²) in [5.41, 5.74) is -0.230. The van der Waals surface area contributed by atoms with Gasteiger partial charge in [0.25, 0.3) is 10.1 Å². The van der Waals surface area contributed by atoms with Gasteiger partial charge < -0.3 is 10.6 Å². The standard InChI is InChI=1S/C14H16N2O7S.K.H/c1-8(17)5-13(19)15-10-3-4-11(12(7-10)24(21,22)23)16-14(20)6-9(2)18;;/h3-4,7H,5-6H2,1-2H3,(H,15,19)(H,16,20)(H,21,22,23);;. The third-order valence-electron chi connectivity index (χ3n) is 2.64. The molecule has 0 atom stereocenters. The van der Waals surface area contributed by atoms with Gasteiger partial charge in [-0.1, -0.05) is 0 Å². The molecule has 9 nitrogen and oxygen atoms in total. The number of ketones is 2. The molecule has 2 amide bonds. The molecule has 11 heteroatoms. The first-order valence-electron chi connectivity index (χ1n) is 6.69. The average molecular weight is 396 g/mol. The molecule has 1 aromatic rings. The van der Waals surface area contributed by atoms with E-state index in [-0.39, 0.29) is 68.5 Å². The third kappa shape index (κ3) is 8.81. The number of rotatable bonds is 7. The van der Waals surface area contributed by atoms with Crippen LogP contribution in [0, 0.1) is 0 Å². The van der Waals surface area contributed by atoms with E-state index in [4.69, 9.17) is 0 Å². The van der Waals surface area contributed by atoms with E-state index >= 15 is 0 Å². The molecule has 0 saturated carbocycles. The number of carbonyl (C=O) groups is 4. The summed E-state index contributed by atoms with van der Waals surface area (Å²) in [4.78, 5) is 44.2. The Balaban J connectivity index is 0.00000576. The van der Waals surface area contributed by atoms with Gasteiger partial charge in [-0.2, -0.15) is 8.42 Å². The second kappa shape index (κ2) is 10.3. The summed E-state index contributed by atoms with van der Waals surface area (Å²) in [6.45, 7) is 2.41. The molecule has 1 rings (SSSR count). The van der Waals surface area contributed by atoms with Crippen LogP contribution in [0.4, 0.5) is 11.4 Å². The molecule has 0 unspecified atom stereocenters. The Morgan fingerprint density at radius 2 is 1.44 bits per heavy atom. The van der Waals surface area contributed by atoms with E-state index < -0.39 is 45.5 Å². The number of anilines is 2. The first kappa shape index (κ1) is 24.0. The van der Waals surface area contributed by atoms with Crippen molar-refractivity contribution in [1.82, 2.24) is 0 Å². The zero-order valence-corrected chi connectivity index (χ0v) is 13.8. The van der Waals surface area contributed by atoms with Gasteiger partial charge in [-0.05, 0) is 32.0 Å². The van der Waals surface area contributed by atoms with Gasteiger partial charge in [0.1, 0.15) is 16.5 Å². The van der Waals surface area contributed by atoms with Gasteiger partial charge >= 0.3 is 51.4 Å². The Kier molecular flexibility index (Phi) is 9.87. The number of hydrogen-bond donors (Lipinski definition) is 3. The summed E-state index contributed by atoms with van der Waals surface area (Å²) >= 11 is 0. The SMILES string of the molecule is CC(=O)CC(=O)Nc1ccc(NC(=O)CC(C)=O)c(S(=O)(=O)O)c1.[KH]. The molecule has 0 heterocycles. The first-order valence-corrected chi connectivity index (χ1v) is 8.13. The fraction of sp³-hybridized carbons (Fsp3) is 0.286. The summed E-state index contributed by atoms with van der Waals surface area (Å²) in [7, 11) is -4.71. The van der Waals surface area contributed by atoms with E-state index in [1.165, 1.54) is 19.9 Å². The molecule has 0 aliphatic rings. The van der Waals surface area contributed by atoms with Crippen LogP contribution in [0.2, 0.25) is 0 Å². The van der Waals surface area contributed by atoms with E-state index in [2.05, 4.69) is 10.6 Å². The number of hydrogen-bond acceptors (Lipinski definition) is 6. The first-order chi connectivity index (χ1) is 11.0. The second-order valence-corrected chi connectivity index (χ2v) is 6.43. The summed E-state index contributed by atoms with van der Waals surface area (Å²) in [5.74, 6) is -2.21. The topological polar surface area (TPSA) is 147 Å². The molecule has 3 N–H and O–H groups in total. The molecule has 0 fully saturated rings. The maximum atomic E-state index is 11.6. The van der Waals surface area contributed by atoms with Crippen molar-refractivity contribution in [3.8, 4) is 0 Å². The summed E-state index contributed by atoms with van der Waals surface area (Å²) in [6.07, 6.45) is -0.847. The number of benzene rings is 1. The van der Waals surface area contributed by atoms with Crippen molar-refractivity contribution in [2.24, 2.45) is 0 Å². The van der Waals surface area contributed by atoms with Gasteiger partial charge in [0, 0.05) is 5.69 Å². The van der Waals surface area contributed by atoms with Crippen LogP contribution >= 0.6 is 0 Å². The van der Waals surface area contributed by atoms with Crippen molar-refractivity contribution < 1.29 is 32.1 Å². The van der Waals surface area contributed by atoms with Crippen molar-refractivity contribution >= 4 is 96.3 Å². The van der Waals surface area contributed by atoms with Crippen LogP contribution in [0.1, 0.15) is 26.7 Å². The molecule has 1 aromatic carbocycles. The molecular formula is C14H17KN2O7S. The minimum absolute atomic E-state index is 0. The summed E-state index contributed by atoms with van der Waals surface area (Å²) in [5, 5.41) is 4.49. The maximum absolute atomic E-state index is 11.6. The average Bonchev–Trinajstić information content (AvgIpc) is 2.37. The van der Waals surface area contributed by atoms with Crippen molar-refractivity contribution in [1.29, 1.82) is 0 Å². The molecule has 0 spiro atoms. The van der Waals surface area contributed by atoms with Crippen LogP contribution in [0.15, 0.2) is 23.1 Å². The van der Waals surface area contributed by atoms with Gasteiger partial charge in [0.2, 0.25) is 11.8 Å². The van der Waals surface area contributed by atoms with E-state index in [1.54, 1.807) is 0 Å². The van der Waals surface area contributed by atoms with Gasteiger partial charge in [-0.15, -0.1) is 0 Å². The molecule has 0 saturated heterocycles. The van der Waals surface area contributed by atoms with Crippen LogP contribution in [0.5, 0.6) is 0 Å². The fourth-order valence-electron chi connectivity index (χ4n) is 1.77. The Hall–Kier alpha value is -0.954. The van der Waals surface area contributed by atoms with Crippen LogP contribution < -0.4 is 10.6 Å². The predicted octanol–water partition coefficient (Wildman–Crippen LogP) is 0.120. The van der Waals surface area contributed by atoms with Crippen LogP contribution in [-0.4, -0.2) is 87.7 Å². The van der Waals surface area contributed by atoms with Gasteiger partial charge in [-0.25, -0.2) is 0 Å². The van der Waals surface area contributed by atoms with Crippen molar-refractivity contribution in [3.63, 3.8) is 0 Å². The normalized spacial score (nSPS) is 10.4. The Morgan fingerprint density at radius 3 is 1.88 bits per heavy atom. The quantitative estimate of drug-likeness (QED) is 0.337. The Bertz CT molecular complexity index is 805. The van der Waals surface area contributed by atoms with Crippen LogP contribution in [0.3, 0.4) is 0 Å². The molecule has 0 radical (unpaired) electrons. The van der Waals surface area contributed by atoms with E-state index in [0.29, 0.717) is 0 Å². The Morgan fingerprint density at radius 1 is 0.960 bits per heavy atom. The summed E-state index contributed by atoms with van der Waals surface area (Å²) < 4.78 is 32.1. The Labute approximate surface area is 187 Å². The van der Waals surface area contributed by atoms with Gasteiger partial charge in [0.15, 0.2) is 0 Å². The molecule has 0 bridgehead atoms. The summed E-state index contributed by atoms with van der Waals surface area (Å²) in [6, 6.07) is 3.34. The number of Topliss-reactive ketones (excluding diaryl/α,β-unsaturated/α-hetero) is 2. The molecule has 25 heavy (non-hydrogen) atoms. The fourth-order valence-corrected chi connectivity index (χ4v) is 2.44. The molecule has 0 aliphatic carbocycles. The molecular weight excluding hydrogens is 379 g/mol. The van der Waals surface area contributed by atoms with Crippen molar-refractivity contribution in [3.05, 3.63) is 18.2 Å². The van der Waals surface area contributed by atoms with Gasteiger partial charge in [0.05, 0.1) is 18.5 Å².